The van der Waals surface area contributed by atoms with Crippen LogP contribution in [0.5, 0.6) is 0 Å². The van der Waals surface area contributed by atoms with Crippen LogP contribution in [-0.4, -0.2) is 16.2 Å². The van der Waals surface area contributed by atoms with Gasteiger partial charge in [0.25, 0.3) is 0 Å². The fourth-order valence-electron chi connectivity index (χ4n) is 1.65. The van der Waals surface area contributed by atoms with E-state index in [0.717, 1.165) is 18.6 Å². The minimum Gasteiger partial charge on any atom is -0.339 e. The second-order valence-electron chi connectivity index (χ2n) is 4.40. The lowest BCUT2D eigenvalue weighted by atomic mass is 10.1. The molecule has 0 saturated heterocycles. The summed E-state index contributed by atoms with van der Waals surface area (Å²) in [5, 5.41) is 3.81. The van der Waals surface area contributed by atoms with Crippen LogP contribution in [0.15, 0.2) is 22.7 Å². The van der Waals surface area contributed by atoms with Crippen molar-refractivity contribution in [2.75, 3.05) is 0 Å². The molecule has 0 aliphatic carbocycles. The van der Waals surface area contributed by atoms with E-state index >= 15 is 0 Å². The van der Waals surface area contributed by atoms with Crippen molar-refractivity contribution in [2.24, 2.45) is 5.73 Å². The van der Waals surface area contributed by atoms with Crippen molar-refractivity contribution < 1.29 is 13.3 Å². The van der Waals surface area contributed by atoms with Gasteiger partial charge < -0.3 is 10.3 Å². The number of rotatable bonds is 5. The molecular weight excluding hydrogens is 252 g/mol. The molecule has 0 aliphatic heterocycles. The van der Waals surface area contributed by atoms with E-state index in [1.807, 2.05) is 6.92 Å². The van der Waals surface area contributed by atoms with Crippen LogP contribution in [0.1, 0.15) is 30.6 Å². The van der Waals surface area contributed by atoms with Gasteiger partial charge in [0.15, 0.2) is 17.5 Å². The molecule has 6 heteroatoms. The number of hydrogen-bond donors (Lipinski definition) is 1. The Kier molecular flexibility index (Phi) is 4.21. The molecule has 19 heavy (non-hydrogen) atoms. The monoisotopic (exact) mass is 267 g/mol. The molecular formula is C13H15F2N3O. The van der Waals surface area contributed by atoms with E-state index in [1.165, 1.54) is 6.07 Å². The molecule has 0 bridgehead atoms. The summed E-state index contributed by atoms with van der Waals surface area (Å²) in [6.07, 6.45) is 1.64. The molecule has 0 radical (unpaired) electrons. The van der Waals surface area contributed by atoms with E-state index in [4.69, 9.17) is 10.3 Å². The van der Waals surface area contributed by atoms with E-state index in [1.54, 1.807) is 0 Å². The maximum atomic E-state index is 13.0. The molecule has 0 amide bonds. The highest BCUT2D eigenvalue weighted by Crippen LogP contribution is 2.12. The van der Waals surface area contributed by atoms with Crippen LogP contribution >= 0.6 is 0 Å². The number of hydrogen-bond acceptors (Lipinski definition) is 4. The summed E-state index contributed by atoms with van der Waals surface area (Å²) in [5.74, 6) is -0.856. The minimum atomic E-state index is -0.884. The van der Waals surface area contributed by atoms with Crippen LogP contribution in [0, 0.1) is 11.6 Å². The lowest BCUT2D eigenvalue weighted by molar-refractivity contribution is 0.377. The van der Waals surface area contributed by atoms with E-state index in [-0.39, 0.29) is 12.5 Å². The molecule has 0 fully saturated rings. The molecule has 1 atom stereocenters. The summed E-state index contributed by atoms with van der Waals surface area (Å²) < 4.78 is 30.9. The topological polar surface area (TPSA) is 64.9 Å². The standard InChI is InChI=1S/C13H15F2N3O/c1-2-9(16)7-12-17-13(19-18-12)6-8-3-4-10(14)11(15)5-8/h3-5,9H,2,6-7,16H2,1H3. The van der Waals surface area contributed by atoms with Crippen molar-refractivity contribution in [1.82, 2.24) is 10.1 Å². The van der Waals surface area contributed by atoms with Crippen LogP contribution in [0.3, 0.4) is 0 Å². The van der Waals surface area contributed by atoms with Crippen LogP contribution in [0.25, 0.3) is 0 Å². The van der Waals surface area contributed by atoms with Gasteiger partial charge in [0.1, 0.15) is 0 Å². The predicted molar refractivity (Wildman–Crippen MR) is 65.4 cm³/mol. The van der Waals surface area contributed by atoms with Gasteiger partial charge in [-0.05, 0) is 24.1 Å². The molecule has 2 N–H and O–H groups in total. The van der Waals surface area contributed by atoms with Crippen molar-refractivity contribution in [2.45, 2.75) is 32.2 Å². The third-order valence-electron chi connectivity index (χ3n) is 2.82. The Bertz CT molecular complexity index is 557. The first-order valence-corrected chi connectivity index (χ1v) is 6.09. The van der Waals surface area contributed by atoms with Crippen molar-refractivity contribution in [3.8, 4) is 0 Å². The van der Waals surface area contributed by atoms with Crippen molar-refractivity contribution in [3.63, 3.8) is 0 Å². The maximum Gasteiger partial charge on any atom is 0.231 e. The zero-order valence-electron chi connectivity index (χ0n) is 10.6. The Hall–Kier alpha value is -1.82. The Morgan fingerprint density at radius 1 is 1.32 bits per heavy atom. The zero-order valence-corrected chi connectivity index (χ0v) is 10.6. The highest BCUT2D eigenvalue weighted by atomic mass is 19.2. The number of nitrogens with zero attached hydrogens (tertiary/aromatic N) is 2. The van der Waals surface area contributed by atoms with Crippen molar-refractivity contribution >= 4 is 0 Å². The normalized spacial score (nSPS) is 12.6. The van der Waals surface area contributed by atoms with Crippen LogP contribution < -0.4 is 5.73 Å². The van der Waals surface area contributed by atoms with Crippen LogP contribution in [-0.2, 0) is 12.8 Å². The fraction of sp³-hybridized carbons (Fsp3) is 0.385. The average Bonchev–Trinajstić information content (AvgIpc) is 2.81. The molecule has 1 heterocycles. The van der Waals surface area contributed by atoms with Gasteiger partial charge in [0, 0.05) is 12.5 Å². The predicted octanol–water partition coefficient (Wildman–Crippen LogP) is 2.22. The molecule has 2 rings (SSSR count). The van der Waals surface area contributed by atoms with E-state index in [2.05, 4.69) is 10.1 Å². The van der Waals surface area contributed by atoms with Crippen molar-refractivity contribution in [1.29, 1.82) is 0 Å². The summed E-state index contributed by atoms with van der Waals surface area (Å²) in [4.78, 5) is 4.17. The summed E-state index contributed by atoms with van der Waals surface area (Å²) in [5.41, 5.74) is 6.37. The van der Waals surface area contributed by atoms with Crippen LogP contribution in [0.2, 0.25) is 0 Å². The number of nitrogens with two attached hydrogens (primary N) is 1. The Morgan fingerprint density at radius 3 is 2.79 bits per heavy atom. The van der Waals surface area contributed by atoms with Gasteiger partial charge in [-0.3, -0.25) is 0 Å². The number of halogens is 2. The molecule has 1 aromatic carbocycles. The third kappa shape index (κ3) is 3.57. The quantitative estimate of drug-likeness (QED) is 0.902. The highest BCUT2D eigenvalue weighted by molar-refractivity contribution is 5.20. The van der Waals surface area contributed by atoms with E-state index in [9.17, 15) is 8.78 Å². The zero-order chi connectivity index (χ0) is 13.8. The maximum absolute atomic E-state index is 13.0. The molecule has 1 unspecified atom stereocenters. The molecule has 0 spiro atoms. The molecule has 0 aliphatic rings. The smallest absolute Gasteiger partial charge is 0.231 e. The first kappa shape index (κ1) is 13.6. The first-order valence-electron chi connectivity index (χ1n) is 6.09. The van der Waals surface area contributed by atoms with Crippen LogP contribution in [0.4, 0.5) is 8.78 Å². The highest BCUT2D eigenvalue weighted by Gasteiger charge is 2.11. The van der Waals surface area contributed by atoms with Gasteiger partial charge in [0.05, 0.1) is 6.42 Å². The SMILES string of the molecule is CCC(N)Cc1noc(Cc2ccc(F)c(F)c2)n1. The van der Waals surface area contributed by atoms with Crippen molar-refractivity contribution in [3.05, 3.63) is 47.1 Å². The second kappa shape index (κ2) is 5.88. The molecule has 102 valence electrons. The largest absolute Gasteiger partial charge is 0.339 e. The Balaban J connectivity index is 2.05. The minimum absolute atomic E-state index is 0.00582. The van der Waals surface area contributed by atoms with Gasteiger partial charge in [-0.25, -0.2) is 8.78 Å². The summed E-state index contributed by atoms with van der Waals surface area (Å²) in [6.45, 7) is 1.98. The molecule has 2 aromatic rings. The lowest BCUT2D eigenvalue weighted by Crippen LogP contribution is -2.22. The number of benzene rings is 1. The van der Waals surface area contributed by atoms with E-state index in [0.29, 0.717) is 23.7 Å². The van der Waals surface area contributed by atoms with Gasteiger partial charge in [-0.1, -0.05) is 18.1 Å². The lowest BCUT2D eigenvalue weighted by Gasteiger charge is -2.02. The molecule has 1 aromatic heterocycles. The number of aromatic nitrogens is 2. The molecule has 0 saturated carbocycles. The summed E-state index contributed by atoms with van der Waals surface area (Å²) in [7, 11) is 0. The first-order chi connectivity index (χ1) is 9.08. The van der Waals surface area contributed by atoms with Gasteiger partial charge in [-0.2, -0.15) is 4.98 Å². The average molecular weight is 267 g/mol. The second-order valence-corrected chi connectivity index (χ2v) is 4.40. The fourth-order valence-corrected chi connectivity index (χ4v) is 1.65. The molecule has 4 nitrogen and oxygen atoms in total. The van der Waals surface area contributed by atoms with Gasteiger partial charge in [-0.15, -0.1) is 0 Å². The Morgan fingerprint density at radius 2 is 2.11 bits per heavy atom. The van der Waals surface area contributed by atoms with Gasteiger partial charge in [0.2, 0.25) is 5.89 Å². The summed E-state index contributed by atoms with van der Waals surface area (Å²) >= 11 is 0. The summed E-state index contributed by atoms with van der Waals surface area (Å²) in [6, 6.07) is 3.68. The third-order valence-corrected chi connectivity index (χ3v) is 2.82. The van der Waals surface area contributed by atoms with E-state index < -0.39 is 11.6 Å². The van der Waals surface area contributed by atoms with Gasteiger partial charge >= 0.3 is 0 Å². The Labute approximate surface area is 109 Å².